The van der Waals surface area contributed by atoms with E-state index in [1.807, 2.05) is 0 Å². The summed E-state index contributed by atoms with van der Waals surface area (Å²) in [4.78, 5) is 73.4. The monoisotopic (exact) mass is 1650 g/mol. The number of hydrogen-bond donors (Lipinski definition) is 3. The normalized spacial score (nSPS) is 13.9. The molecule has 0 aromatic carbocycles. The van der Waals surface area contributed by atoms with Crippen molar-refractivity contribution in [3.8, 4) is 0 Å². The summed E-state index contributed by atoms with van der Waals surface area (Å²) < 4.78 is 69.1. The Labute approximate surface area is 696 Å². The topological polar surface area (TPSA) is 237 Å². The lowest BCUT2D eigenvalue weighted by Crippen LogP contribution is -2.30. The van der Waals surface area contributed by atoms with Gasteiger partial charge in [-0.15, -0.1) is 0 Å². The third-order valence-electron chi connectivity index (χ3n) is 22.6. The van der Waals surface area contributed by atoms with Crippen molar-refractivity contribution >= 4 is 39.5 Å². The zero-order valence-corrected chi connectivity index (χ0v) is 76.3. The highest BCUT2D eigenvalue weighted by molar-refractivity contribution is 7.47. The van der Waals surface area contributed by atoms with Gasteiger partial charge in [-0.1, -0.05) is 465 Å². The van der Waals surface area contributed by atoms with Crippen molar-refractivity contribution in [1.29, 1.82) is 0 Å². The highest BCUT2D eigenvalue weighted by Crippen LogP contribution is 2.45. The third kappa shape index (κ3) is 86.3. The second-order valence-corrected chi connectivity index (χ2v) is 36.9. The van der Waals surface area contributed by atoms with Gasteiger partial charge in [0.15, 0.2) is 12.2 Å². The lowest BCUT2D eigenvalue weighted by atomic mass is 9.99. The van der Waals surface area contributed by atoms with E-state index in [-0.39, 0.29) is 25.7 Å². The first-order valence-electron chi connectivity index (χ1n) is 48.7. The van der Waals surface area contributed by atoms with Crippen LogP contribution >= 0.6 is 15.6 Å². The Morgan fingerprint density at radius 2 is 0.425 bits per heavy atom. The summed E-state index contributed by atoms with van der Waals surface area (Å²) in [6, 6.07) is 0. The van der Waals surface area contributed by atoms with Gasteiger partial charge in [0.1, 0.15) is 19.3 Å². The first-order chi connectivity index (χ1) is 55.1. The molecule has 17 nitrogen and oxygen atoms in total. The predicted octanol–water partition coefficient (Wildman–Crippen LogP) is 29.5. The van der Waals surface area contributed by atoms with Crippen molar-refractivity contribution in [2.75, 3.05) is 39.6 Å². The van der Waals surface area contributed by atoms with Gasteiger partial charge in [0.05, 0.1) is 26.4 Å². The van der Waals surface area contributed by atoms with E-state index in [0.29, 0.717) is 25.7 Å². The summed E-state index contributed by atoms with van der Waals surface area (Å²) in [5.74, 6) is -1.22. The van der Waals surface area contributed by atoms with E-state index in [1.54, 1.807) is 0 Å². The number of esters is 4. The van der Waals surface area contributed by atoms with Gasteiger partial charge in [-0.2, -0.15) is 0 Å². The summed E-state index contributed by atoms with van der Waals surface area (Å²) >= 11 is 0. The minimum atomic E-state index is -4.97. The van der Waals surface area contributed by atoms with Crippen LogP contribution in [0.5, 0.6) is 0 Å². The Bertz CT molecular complexity index is 2140. The van der Waals surface area contributed by atoms with E-state index in [2.05, 4.69) is 34.6 Å². The second kappa shape index (κ2) is 86.4. The fourth-order valence-electron chi connectivity index (χ4n) is 14.9. The number of ether oxygens (including phenoxy) is 4. The van der Waals surface area contributed by atoms with Crippen molar-refractivity contribution in [3.05, 3.63) is 0 Å². The van der Waals surface area contributed by atoms with Gasteiger partial charge in [-0.05, 0) is 31.6 Å². The minimum absolute atomic E-state index is 0.109. The van der Waals surface area contributed by atoms with Crippen LogP contribution in [0, 0.1) is 5.92 Å². The molecule has 0 aromatic heterocycles. The van der Waals surface area contributed by atoms with Crippen LogP contribution in [0.25, 0.3) is 0 Å². The largest absolute Gasteiger partial charge is 0.472 e. The molecule has 3 N–H and O–H groups in total. The van der Waals surface area contributed by atoms with Crippen LogP contribution in [-0.2, 0) is 65.4 Å². The maximum Gasteiger partial charge on any atom is 0.472 e. The van der Waals surface area contributed by atoms with E-state index in [0.717, 1.165) is 95.8 Å². The SMILES string of the molecule is CCCCCCCCCCCCCCCCCCCCCCCCC(=O)OC[C@H](COP(=O)(O)OC[C@@H](O)COP(=O)(O)OC[C@@H](COC(=O)CCCCCCCCCCC)OC(=O)CCCCCCCCCCCCCCCCCCCCCC)OC(=O)CCCCCCCCCCCCCCCCCCCCC(C)CC. The molecule has 113 heavy (non-hydrogen) atoms. The van der Waals surface area contributed by atoms with Crippen molar-refractivity contribution in [1.82, 2.24) is 0 Å². The maximum absolute atomic E-state index is 13.2. The second-order valence-electron chi connectivity index (χ2n) is 34.0. The van der Waals surface area contributed by atoms with Gasteiger partial charge in [-0.3, -0.25) is 37.3 Å². The van der Waals surface area contributed by atoms with Crippen LogP contribution in [0.2, 0.25) is 0 Å². The molecular formula is C94H184O17P2. The van der Waals surface area contributed by atoms with Crippen molar-refractivity contribution in [3.63, 3.8) is 0 Å². The first kappa shape index (κ1) is 111. The summed E-state index contributed by atoms with van der Waals surface area (Å²) in [7, 11) is -9.93. The van der Waals surface area contributed by atoms with Crippen molar-refractivity contribution in [2.24, 2.45) is 5.92 Å². The van der Waals surface area contributed by atoms with Crippen LogP contribution in [0.15, 0.2) is 0 Å². The third-order valence-corrected chi connectivity index (χ3v) is 24.5. The smallest absolute Gasteiger partial charge is 0.462 e. The molecule has 19 heteroatoms. The minimum Gasteiger partial charge on any atom is -0.462 e. The fourth-order valence-corrected chi connectivity index (χ4v) is 16.4. The van der Waals surface area contributed by atoms with Crippen LogP contribution in [0.3, 0.4) is 0 Å². The molecule has 0 bridgehead atoms. The number of aliphatic hydroxyl groups excluding tert-OH is 1. The van der Waals surface area contributed by atoms with Gasteiger partial charge in [0.2, 0.25) is 0 Å². The number of phosphoric acid groups is 2. The Hall–Kier alpha value is -1.94. The van der Waals surface area contributed by atoms with Crippen LogP contribution in [0.1, 0.15) is 516 Å². The molecule has 6 atom stereocenters. The number of carbonyl (C=O) groups excluding carboxylic acids is 4. The van der Waals surface area contributed by atoms with Crippen LogP contribution in [-0.4, -0.2) is 96.7 Å². The maximum atomic E-state index is 13.2. The Kier molecular flexibility index (Phi) is 85.0. The molecule has 0 aromatic rings. The molecule has 0 saturated carbocycles. The Morgan fingerprint density at radius 1 is 0.248 bits per heavy atom. The Morgan fingerprint density at radius 3 is 0.628 bits per heavy atom. The molecule has 0 radical (unpaired) electrons. The predicted molar refractivity (Wildman–Crippen MR) is 469 cm³/mol. The molecular weight excluding hydrogens is 1460 g/mol. The van der Waals surface area contributed by atoms with E-state index in [9.17, 15) is 43.2 Å². The van der Waals surface area contributed by atoms with Crippen LogP contribution < -0.4 is 0 Å². The van der Waals surface area contributed by atoms with Gasteiger partial charge in [-0.25, -0.2) is 9.13 Å². The van der Waals surface area contributed by atoms with E-state index >= 15 is 0 Å². The molecule has 0 aliphatic rings. The van der Waals surface area contributed by atoms with E-state index in [1.165, 1.54) is 340 Å². The number of phosphoric ester groups is 2. The Balaban J connectivity index is 5.18. The molecule has 0 spiro atoms. The number of hydrogen-bond acceptors (Lipinski definition) is 15. The van der Waals surface area contributed by atoms with Crippen LogP contribution in [0.4, 0.5) is 0 Å². The van der Waals surface area contributed by atoms with E-state index < -0.39 is 97.5 Å². The first-order valence-corrected chi connectivity index (χ1v) is 51.7. The number of unbranched alkanes of at least 4 members (excludes halogenated alkanes) is 65. The molecule has 0 rings (SSSR count). The van der Waals surface area contributed by atoms with Gasteiger partial charge >= 0.3 is 39.5 Å². The zero-order chi connectivity index (χ0) is 82.6. The quantitative estimate of drug-likeness (QED) is 0.0222. The summed E-state index contributed by atoms with van der Waals surface area (Å²) in [5.41, 5.74) is 0. The number of aliphatic hydroxyl groups is 1. The summed E-state index contributed by atoms with van der Waals surface area (Å²) in [6.07, 6.45) is 83.6. The number of rotatable bonds is 94. The van der Waals surface area contributed by atoms with Gasteiger partial charge < -0.3 is 33.8 Å². The average Bonchev–Trinajstić information content (AvgIpc) is 0.899. The van der Waals surface area contributed by atoms with Gasteiger partial charge in [0.25, 0.3) is 0 Å². The van der Waals surface area contributed by atoms with Crippen molar-refractivity contribution < 1.29 is 80.2 Å². The summed E-state index contributed by atoms with van der Waals surface area (Å²) in [6.45, 7) is 7.46. The standard InChI is InChI=1S/C94H184O17P2/c1-6-10-13-16-19-22-24-26-28-30-32-34-35-37-41-45-49-53-58-63-68-73-78-92(97)105-84-90(111-94(99)80-75-70-65-60-55-51-47-43-39-38-40-44-48-52-57-61-66-71-76-87(5)9-4)86-109-113(102,103)107-82-88(95)81-106-112(100,101)108-85-89(83-104-91(96)77-72-67-62-56-21-18-15-12-8-3)110-93(98)79-74-69-64-59-54-50-46-42-36-33-31-29-27-25-23-20-17-14-11-7-2/h87-90,95H,6-86H2,1-5H3,(H,100,101)(H,102,103)/t87?,88-,89+,90+/m0/s1. The lowest BCUT2D eigenvalue weighted by molar-refractivity contribution is -0.161. The zero-order valence-electron chi connectivity index (χ0n) is 74.5. The molecule has 0 fully saturated rings. The van der Waals surface area contributed by atoms with Crippen molar-refractivity contribution in [2.45, 2.75) is 534 Å². The van der Waals surface area contributed by atoms with E-state index in [4.69, 9.17) is 37.0 Å². The highest BCUT2D eigenvalue weighted by Gasteiger charge is 2.31. The lowest BCUT2D eigenvalue weighted by Gasteiger charge is -2.21. The average molecular weight is 1650 g/mol. The molecule has 0 saturated heterocycles. The van der Waals surface area contributed by atoms with Gasteiger partial charge in [0, 0.05) is 25.7 Å². The molecule has 672 valence electrons. The molecule has 0 heterocycles. The summed E-state index contributed by atoms with van der Waals surface area (Å²) in [5, 5.41) is 10.7. The molecule has 3 unspecified atom stereocenters. The number of carbonyl (C=O) groups is 4. The fraction of sp³-hybridized carbons (Fsp3) is 0.957. The highest BCUT2D eigenvalue weighted by atomic mass is 31.2. The molecule has 0 amide bonds. The molecule has 0 aliphatic carbocycles. The molecule has 0 aliphatic heterocycles.